The molecular weight excluding hydrogens is 280 g/mol. The number of ether oxygens (including phenoxy) is 2. The van der Waals surface area contributed by atoms with Gasteiger partial charge in [-0.3, -0.25) is 0 Å². The van der Waals surface area contributed by atoms with Gasteiger partial charge in [0.05, 0.1) is 17.9 Å². The SMILES string of the molecule is CCOC(=O)c1ccc(OCCS(=O)(=O)Cl)cc1. The Hall–Kier alpha value is -1.27. The van der Waals surface area contributed by atoms with Crippen molar-refractivity contribution in [2.45, 2.75) is 6.92 Å². The van der Waals surface area contributed by atoms with Gasteiger partial charge in [0, 0.05) is 10.7 Å². The van der Waals surface area contributed by atoms with Crippen LogP contribution in [-0.4, -0.2) is 33.4 Å². The van der Waals surface area contributed by atoms with E-state index in [1.807, 2.05) is 0 Å². The van der Waals surface area contributed by atoms with Crippen molar-refractivity contribution in [1.29, 1.82) is 0 Å². The molecule has 1 aromatic carbocycles. The van der Waals surface area contributed by atoms with Crippen molar-refractivity contribution in [3.8, 4) is 5.75 Å². The van der Waals surface area contributed by atoms with E-state index < -0.39 is 15.0 Å². The lowest BCUT2D eigenvalue weighted by atomic mass is 10.2. The van der Waals surface area contributed by atoms with Crippen LogP contribution in [0.4, 0.5) is 0 Å². The summed E-state index contributed by atoms with van der Waals surface area (Å²) in [6.07, 6.45) is 0. The third-order valence-corrected chi connectivity index (χ3v) is 3.08. The Kier molecular flexibility index (Phi) is 5.43. The van der Waals surface area contributed by atoms with Crippen LogP contribution in [0.1, 0.15) is 17.3 Å². The van der Waals surface area contributed by atoms with Crippen LogP contribution in [0.25, 0.3) is 0 Å². The van der Waals surface area contributed by atoms with Gasteiger partial charge in [-0.25, -0.2) is 13.2 Å². The van der Waals surface area contributed by atoms with Crippen LogP contribution in [0, 0.1) is 0 Å². The lowest BCUT2D eigenvalue weighted by Gasteiger charge is -2.06. The molecule has 0 fully saturated rings. The Bertz CT molecular complexity index is 495. The van der Waals surface area contributed by atoms with Gasteiger partial charge in [0.25, 0.3) is 0 Å². The smallest absolute Gasteiger partial charge is 0.338 e. The molecule has 0 aliphatic heterocycles. The maximum Gasteiger partial charge on any atom is 0.338 e. The van der Waals surface area contributed by atoms with Gasteiger partial charge < -0.3 is 9.47 Å². The molecule has 5 nitrogen and oxygen atoms in total. The van der Waals surface area contributed by atoms with E-state index in [9.17, 15) is 13.2 Å². The van der Waals surface area contributed by atoms with Crippen LogP contribution in [0.5, 0.6) is 5.75 Å². The fraction of sp³-hybridized carbons (Fsp3) is 0.364. The summed E-state index contributed by atoms with van der Waals surface area (Å²) in [7, 11) is 1.48. The Morgan fingerprint density at radius 3 is 2.39 bits per heavy atom. The molecule has 0 unspecified atom stereocenters. The monoisotopic (exact) mass is 292 g/mol. The van der Waals surface area contributed by atoms with Gasteiger partial charge in [0.2, 0.25) is 9.05 Å². The molecular formula is C11H13ClO5S. The number of carbonyl (C=O) groups excluding carboxylic acids is 1. The van der Waals surface area contributed by atoms with Gasteiger partial charge in [-0.05, 0) is 31.2 Å². The molecule has 0 radical (unpaired) electrons. The Balaban J connectivity index is 2.53. The maximum atomic E-state index is 11.3. The molecule has 1 aromatic rings. The molecule has 1 rings (SSSR count). The fourth-order valence-corrected chi connectivity index (χ4v) is 1.63. The zero-order valence-electron chi connectivity index (χ0n) is 9.76. The van der Waals surface area contributed by atoms with Gasteiger partial charge >= 0.3 is 5.97 Å². The first-order valence-electron chi connectivity index (χ1n) is 5.24. The summed E-state index contributed by atoms with van der Waals surface area (Å²) in [4.78, 5) is 11.3. The number of halogens is 1. The quantitative estimate of drug-likeness (QED) is 0.591. The first-order valence-corrected chi connectivity index (χ1v) is 7.72. The Morgan fingerprint density at radius 1 is 1.28 bits per heavy atom. The Labute approximate surface area is 110 Å². The van der Waals surface area contributed by atoms with Crippen LogP contribution in [-0.2, 0) is 13.8 Å². The largest absolute Gasteiger partial charge is 0.492 e. The molecule has 0 saturated heterocycles. The topological polar surface area (TPSA) is 69.7 Å². The summed E-state index contributed by atoms with van der Waals surface area (Å²) in [5.74, 6) is -0.218. The van der Waals surface area contributed by atoms with E-state index in [4.69, 9.17) is 20.2 Å². The van der Waals surface area contributed by atoms with Crippen LogP contribution < -0.4 is 4.74 Å². The molecule has 7 heteroatoms. The summed E-state index contributed by atoms with van der Waals surface area (Å²) < 4.78 is 31.3. The van der Waals surface area contributed by atoms with Crippen molar-refractivity contribution in [2.75, 3.05) is 19.0 Å². The molecule has 0 heterocycles. The second-order valence-electron chi connectivity index (χ2n) is 3.34. The van der Waals surface area contributed by atoms with Crippen molar-refractivity contribution in [2.24, 2.45) is 0 Å². The van der Waals surface area contributed by atoms with Gasteiger partial charge in [0.1, 0.15) is 12.4 Å². The second-order valence-corrected chi connectivity index (χ2v) is 6.23. The average molecular weight is 293 g/mol. The fourth-order valence-electron chi connectivity index (χ4n) is 1.16. The lowest BCUT2D eigenvalue weighted by molar-refractivity contribution is 0.0526. The van der Waals surface area contributed by atoms with E-state index in [0.29, 0.717) is 17.9 Å². The van der Waals surface area contributed by atoms with Gasteiger partial charge in [-0.15, -0.1) is 0 Å². The minimum absolute atomic E-state index is 0.0371. The highest BCUT2D eigenvalue weighted by atomic mass is 35.7. The van der Waals surface area contributed by atoms with Crippen molar-refractivity contribution < 1.29 is 22.7 Å². The number of benzene rings is 1. The first-order chi connectivity index (χ1) is 8.42. The van der Waals surface area contributed by atoms with E-state index >= 15 is 0 Å². The highest BCUT2D eigenvalue weighted by Gasteiger charge is 2.07. The molecule has 0 aliphatic rings. The highest BCUT2D eigenvalue weighted by molar-refractivity contribution is 8.13. The predicted octanol–water partition coefficient (Wildman–Crippen LogP) is 1.81. The summed E-state index contributed by atoms with van der Waals surface area (Å²) >= 11 is 0. The van der Waals surface area contributed by atoms with Gasteiger partial charge in [-0.2, -0.15) is 0 Å². The van der Waals surface area contributed by atoms with Crippen molar-refractivity contribution in [1.82, 2.24) is 0 Å². The van der Waals surface area contributed by atoms with E-state index in [-0.39, 0.29) is 12.4 Å². The summed E-state index contributed by atoms with van der Waals surface area (Å²) in [6, 6.07) is 6.21. The molecule has 0 atom stereocenters. The number of esters is 1. The summed E-state index contributed by atoms with van der Waals surface area (Å²) in [5, 5.41) is 0. The zero-order chi connectivity index (χ0) is 13.6. The third kappa shape index (κ3) is 5.37. The first kappa shape index (κ1) is 14.8. The van der Waals surface area contributed by atoms with Crippen LogP contribution in [0.15, 0.2) is 24.3 Å². The number of hydrogen-bond acceptors (Lipinski definition) is 5. The lowest BCUT2D eigenvalue weighted by Crippen LogP contribution is -2.09. The maximum absolute atomic E-state index is 11.3. The molecule has 100 valence electrons. The molecule has 0 amide bonds. The summed E-state index contributed by atoms with van der Waals surface area (Å²) in [5.41, 5.74) is 0.411. The van der Waals surface area contributed by atoms with E-state index in [1.54, 1.807) is 31.2 Å². The van der Waals surface area contributed by atoms with Gasteiger partial charge in [0.15, 0.2) is 0 Å². The number of rotatable bonds is 6. The van der Waals surface area contributed by atoms with E-state index in [0.717, 1.165) is 0 Å². The van der Waals surface area contributed by atoms with Gasteiger partial charge in [-0.1, -0.05) is 0 Å². The Morgan fingerprint density at radius 2 is 1.89 bits per heavy atom. The van der Waals surface area contributed by atoms with Crippen LogP contribution >= 0.6 is 10.7 Å². The zero-order valence-corrected chi connectivity index (χ0v) is 11.3. The molecule has 18 heavy (non-hydrogen) atoms. The standard InChI is InChI=1S/C11H13ClO5S/c1-2-16-11(13)9-3-5-10(6-4-9)17-7-8-18(12,14)15/h3-6H,2,7-8H2,1H3. The minimum Gasteiger partial charge on any atom is -0.492 e. The minimum atomic E-state index is -3.55. The van der Waals surface area contributed by atoms with Crippen LogP contribution in [0.3, 0.4) is 0 Å². The van der Waals surface area contributed by atoms with Crippen molar-refractivity contribution in [3.63, 3.8) is 0 Å². The number of carbonyl (C=O) groups is 1. The number of hydrogen-bond donors (Lipinski definition) is 0. The average Bonchev–Trinajstić information content (AvgIpc) is 2.28. The molecule has 0 spiro atoms. The van der Waals surface area contributed by atoms with E-state index in [1.165, 1.54) is 0 Å². The third-order valence-electron chi connectivity index (χ3n) is 1.96. The highest BCUT2D eigenvalue weighted by Crippen LogP contribution is 2.13. The predicted molar refractivity (Wildman–Crippen MR) is 67.5 cm³/mol. The molecule has 0 aliphatic carbocycles. The normalized spacial score (nSPS) is 11.0. The molecule has 0 N–H and O–H groups in total. The van der Waals surface area contributed by atoms with Crippen molar-refractivity contribution >= 4 is 25.7 Å². The van der Waals surface area contributed by atoms with E-state index in [2.05, 4.69) is 0 Å². The van der Waals surface area contributed by atoms with Crippen molar-refractivity contribution in [3.05, 3.63) is 29.8 Å². The second kappa shape index (κ2) is 6.61. The van der Waals surface area contributed by atoms with Crippen LogP contribution in [0.2, 0.25) is 0 Å². The molecule has 0 saturated carbocycles. The molecule has 0 aromatic heterocycles. The summed E-state index contributed by atoms with van der Waals surface area (Å²) in [6.45, 7) is 2.00. The molecule has 0 bridgehead atoms.